The van der Waals surface area contributed by atoms with E-state index in [2.05, 4.69) is 5.10 Å². The van der Waals surface area contributed by atoms with Crippen molar-refractivity contribution in [2.75, 3.05) is 20.7 Å². The monoisotopic (exact) mass is 417 g/mol. The Labute approximate surface area is 162 Å². The molecule has 0 saturated carbocycles. The first-order valence-corrected chi connectivity index (χ1v) is 10.0. The quantitative estimate of drug-likeness (QED) is 0.647. The van der Waals surface area contributed by atoms with Gasteiger partial charge in [-0.05, 0) is 30.5 Å². The first-order chi connectivity index (χ1) is 12.6. The van der Waals surface area contributed by atoms with E-state index in [1.165, 1.54) is 20.2 Å². The van der Waals surface area contributed by atoms with Crippen LogP contribution in [-0.2, 0) is 27.8 Å². The zero-order valence-electron chi connectivity index (χ0n) is 15.5. The fraction of sp³-hybridized carbons (Fsp3) is 0.412. The van der Waals surface area contributed by atoms with Crippen molar-refractivity contribution in [2.45, 2.75) is 26.7 Å². The smallest absolute Gasteiger partial charge is 0.341 e. The molecular formula is C17H21ClFN3O4S. The van der Waals surface area contributed by atoms with Gasteiger partial charge in [-0.25, -0.2) is 9.18 Å². The number of nitrogens with zero attached hydrogens (tertiary/aromatic N) is 3. The predicted molar refractivity (Wildman–Crippen MR) is 99.8 cm³/mol. The molecule has 0 amide bonds. The molecule has 1 aromatic heterocycles. The minimum Gasteiger partial charge on any atom is -0.462 e. The summed E-state index contributed by atoms with van der Waals surface area (Å²) < 4.78 is 45.8. The second-order valence-corrected chi connectivity index (χ2v) is 8.30. The van der Waals surface area contributed by atoms with Gasteiger partial charge >= 0.3 is 16.2 Å². The molecule has 0 aliphatic heterocycles. The molecule has 0 radical (unpaired) electrons. The van der Waals surface area contributed by atoms with Crippen LogP contribution in [0.3, 0.4) is 0 Å². The molecule has 0 aliphatic carbocycles. The highest BCUT2D eigenvalue weighted by atomic mass is 35.5. The number of hydrogen-bond donors (Lipinski definition) is 0. The Morgan fingerprint density at radius 1 is 1.30 bits per heavy atom. The van der Waals surface area contributed by atoms with Crippen molar-refractivity contribution < 1.29 is 22.3 Å². The molecule has 2 rings (SSSR count). The van der Waals surface area contributed by atoms with E-state index in [0.29, 0.717) is 17.5 Å². The highest BCUT2D eigenvalue weighted by Gasteiger charge is 2.27. The van der Waals surface area contributed by atoms with Crippen LogP contribution in [0.2, 0.25) is 5.02 Å². The second kappa shape index (κ2) is 8.37. The van der Waals surface area contributed by atoms with Crippen LogP contribution in [0.4, 0.5) is 4.39 Å². The van der Waals surface area contributed by atoms with Crippen LogP contribution < -0.4 is 0 Å². The van der Waals surface area contributed by atoms with Gasteiger partial charge in [-0.3, -0.25) is 0 Å². The Morgan fingerprint density at radius 3 is 2.52 bits per heavy atom. The number of esters is 1. The number of ether oxygens (including phenoxy) is 1. The van der Waals surface area contributed by atoms with E-state index in [1.807, 2.05) is 0 Å². The number of halogens is 2. The van der Waals surface area contributed by atoms with Gasteiger partial charge in [0.15, 0.2) is 0 Å². The van der Waals surface area contributed by atoms with Gasteiger partial charge in [-0.2, -0.15) is 17.8 Å². The van der Waals surface area contributed by atoms with Crippen molar-refractivity contribution in [1.82, 2.24) is 13.5 Å². The fourth-order valence-electron chi connectivity index (χ4n) is 2.48. The van der Waals surface area contributed by atoms with Gasteiger partial charge in [0.25, 0.3) is 0 Å². The molecule has 0 saturated heterocycles. The lowest BCUT2D eigenvalue weighted by Gasteiger charge is -2.15. The molecule has 0 spiro atoms. The highest BCUT2D eigenvalue weighted by molar-refractivity contribution is 7.87. The van der Waals surface area contributed by atoms with E-state index in [9.17, 15) is 17.6 Å². The SMILES string of the molecule is CCOC(=O)c1cnn(S(=O)(=O)N(C)C)c1Cc1cc(CC)c(F)cc1Cl. The first-order valence-electron chi connectivity index (χ1n) is 8.27. The molecule has 0 fully saturated rings. The van der Waals surface area contributed by atoms with Gasteiger partial charge in [-0.15, -0.1) is 4.09 Å². The molecule has 27 heavy (non-hydrogen) atoms. The van der Waals surface area contributed by atoms with Gasteiger partial charge < -0.3 is 4.74 Å². The van der Waals surface area contributed by atoms with Gasteiger partial charge in [-0.1, -0.05) is 24.6 Å². The molecule has 1 heterocycles. The van der Waals surface area contributed by atoms with E-state index in [0.717, 1.165) is 14.6 Å². The molecule has 7 nitrogen and oxygen atoms in total. The maximum absolute atomic E-state index is 13.9. The molecule has 0 N–H and O–H groups in total. The number of carbonyl (C=O) groups excluding carboxylic acids is 1. The summed E-state index contributed by atoms with van der Waals surface area (Å²) in [6.45, 7) is 3.56. The van der Waals surface area contributed by atoms with Crippen molar-refractivity contribution in [3.05, 3.63) is 51.6 Å². The Bertz CT molecular complexity index is 957. The van der Waals surface area contributed by atoms with E-state index in [1.54, 1.807) is 19.9 Å². The minimum absolute atomic E-state index is 0.0146. The van der Waals surface area contributed by atoms with Crippen molar-refractivity contribution in [3.63, 3.8) is 0 Å². The summed E-state index contributed by atoms with van der Waals surface area (Å²) in [6, 6.07) is 2.74. The lowest BCUT2D eigenvalue weighted by Crippen LogP contribution is -2.31. The van der Waals surface area contributed by atoms with Crippen LogP contribution in [0.15, 0.2) is 18.3 Å². The summed E-state index contributed by atoms with van der Waals surface area (Å²) in [5, 5.41) is 4.00. The van der Waals surface area contributed by atoms with Crippen molar-refractivity contribution in [3.8, 4) is 0 Å². The van der Waals surface area contributed by atoms with Gasteiger partial charge in [0.1, 0.15) is 11.4 Å². The van der Waals surface area contributed by atoms with Crippen molar-refractivity contribution in [2.24, 2.45) is 0 Å². The third-order valence-corrected chi connectivity index (χ3v) is 5.99. The lowest BCUT2D eigenvalue weighted by atomic mass is 10.0. The summed E-state index contributed by atoms with van der Waals surface area (Å²) in [5.41, 5.74) is 1.03. The largest absolute Gasteiger partial charge is 0.462 e. The summed E-state index contributed by atoms with van der Waals surface area (Å²) in [4.78, 5) is 12.3. The Morgan fingerprint density at radius 2 is 1.96 bits per heavy atom. The third kappa shape index (κ3) is 4.31. The molecule has 0 aliphatic rings. The van der Waals surface area contributed by atoms with E-state index < -0.39 is 22.0 Å². The predicted octanol–water partition coefficient (Wildman–Crippen LogP) is 2.66. The van der Waals surface area contributed by atoms with E-state index >= 15 is 0 Å². The van der Waals surface area contributed by atoms with Crippen LogP contribution in [0.25, 0.3) is 0 Å². The molecule has 0 atom stereocenters. The Balaban J connectivity index is 2.63. The minimum atomic E-state index is -3.98. The standard InChI is InChI=1S/C17H21ClFN3O4S/c1-5-11-7-12(14(18)9-15(11)19)8-16-13(17(23)26-6-2)10-20-22(16)27(24,25)21(3)4/h7,9-10H,5-6,8H2,1-4H3. The van der Waals surface area contributed by atoms with Gasteiger partial charge in [0.05, 0.1) is 18.5 Å². The first kappa shape index (κ1) is 21.3. The molecule has 0 bridgehead atoms. The number of carbonyl (C=O) groups is 1. The fourth-order valence-corrected chi connectivity index (χ4v) is 3.62. The maximum Gasteiger partial charge on any atom is 0.341 e. The highest BCUT2D eigenvalue weighted by Crippen LogP contribution is 2.26. The zero-order chi connectivity index (χ0) is 20.4. The zero-order valence-corrected chi connectivity index (χ0v) is 17.1. The lowest BCUT2D eigenvalue weighted by molar-refractivity contribution is 0.0525. The molecule has 148 valence electrons. The molecular weight excluding hydrogens is 397 g/mol. The van der Waals surface area contributed by atoms with Gasteiger partial charge in [0, 0.05) is 25.5 Å². The summed E-state index contributed by atoms with van der Waals surface area (Å²) in [6.07, 6.45) is 1.55. The maximum atomic E-state index is 13.9. The number of rotatable bonds is 7. The number of aromatic nitrogens is 2. The molecule has 0 unspecified atom stereocenters. The number of aryl methyl sites for hydroxylation is 1. The molecule has 2 aromatic rings. The van der Waals surface area contributed by atoms with Crippen LogP contribution in [0.5, 0.6) is 0 Å². The van der Waals surface area contributed by atoms with E-state index in [4.69, 9.17) is 16.3 Å². The van der Waals surface area contributed by atoms with Crippen LogP contribution >= 0.6 is 11.6 Å². The van der Waals surface area contributed by atoms with Crippen LogP contribution in [0.1, 0.15) is 41.0 Å². The third-order valence-electron chi connectivity index (χ3n) is 3.96. The number of hydrogen-bond acceptors (Lipinski definition) is 5. The van der Waals surface area contributed by atoms with E-state index in [-0.39, 0.29) is 29.3 Å². The molecule has 10 heteroatoms. The Hall–Kier alpha value is -1.97. The second-order valence-electron chi connectivity index (χ2n) is 5.92. The van der Waals surface area contributed by atoms with Gasteiger partial charge in [0.2, 0.25) is 0 Å². The van der Waals surface area contributed by atoms with Crippen molar-refractivity contribution >= 4 is 27.8 Å². The number of benzene rings is 1. The average molecular weight is 418 g/mol. The topological polar surface area (TPSA) is 81.5 Å². The summed E-state index contributed by atoms with van der Waals surface area (Å²) >= 11 is 6.15. The normalized spacial score (nSPS) is 11.8. The van der Waals surface area contributed by atoms with Crippen molar-refractivity contribution in [1.29, 1.82) is 0 Å². The molecule has 1 aromatic carbocycles. The average Bonchev–Trinajstić information content (AvgIpc) is 3.01. The summed E-state index contributed by atoms with van der Waals surface area (Å²) in [7, 11) is -1.27. The Kier molecular flexibility index (Phi) is 6.61. The van der Waals surface area contributed by atoms with Crippen LogP contribution in [0, 0.1) is 5.82 Å². The summed E-state index contributed by atoms with van der Waals surface area (Å²) in [5.74, 6) is -1.13. The van der Waals surface area contributed by atoms with Crippen LogP contribution in [-0.4, -0.2) is 48.6 Å².